The summed E-state index contributed by atoms with van der Waals surface area (Å²) in [5, 5.41) is 8.93. The number of methoxy groups -OCH3 is 1. The predicted molar refractivity (Wildman–Crippen MR) is 140 cm³/mol. The Balaban J connectivity index is 1.43. The van der Waals surface area contributed by atoms with E-state index in [0.717, 1.165) is 27.1 Å². The van der Waals surface area contributed by atoms with Crippen molar-refractivity contribution in [3.05, 3.63) is 70.7 Å². The summed E-state index contributed by atoms with van der Waals surface area (Å²) in [6, 6.07) is 17.8. The summed E-state index contributed by atoms with van der Waals surface area (Å²) in [4.78, 5) is 29.7. The molecule has 1 saturated heterocycles. The highest BCUT2D eigenvalue weighted by Gasteiger charge is 2.31. The molecular weight excluding hydrogens is 496 g/mol. The van der Waals surface area contributed by atoms with Crippen LogP contribution in [0.2, 0.25) is 0 Å². The number of thioether (sulfide) groups is 1. The van der Waals surface area contributed by atoms with E-state index in [1.165, 1.54) is 28.7 Å². The molecule has 10 heteroatoms. The van der Waals surface area contributed by atoms with Gasteiger partial charge in [0.1, 0.15) is 10.8 Å². The molecule has 190 valence electrons. The summed E-state index contributed by atoms with van der Waals surface area (Å²) in [6.07, 6.45) is 0.436. The minimum Gasteiger partial charge on any atom is -0.497 e. The van der Waals surface area contributed by atoms with E-state index in [4.69, 9.17) is 9.47 Å². The molecule has 2 heterocycles. The molecular formula is C26H30N4O4S2. The number of hydrogen-bond donors (Lipinski definition) is 0. The van der Waals surface area contributed by atoms with Crippen LogP contribution in [0.1, 0.15) is 16.1 Å². The van der Waals surface area contributed by atoms with Gasteiger partial charge in [0.25, 0.3) is 0 Å². The second-order valence-corrected chi connectivity index (χ2v) is 10.9. The van der Waals surface area contributed by atoms with Crippen molar-refractivity contribution >= 4 is 34.9 Å². The molecule has 1 atom stereocenters. The van der Waals surface area contributed by atoms with Gasteiger partial charge < -0.3 is 19.3 Å². The molecule has 1 aromatic heterocycles. The van der Waals surface area contributed by atoms with Gasteiger partial charge >= 0.3 is 0 Å². The third-order valence-corrected chi connectivity index (χ3v) is 7.80. The summed E-state index contributed by atoms with van der Waals surface area (Å²) >= 11 is 2.80. The molecule has 2 amide bonds. The molecule has 0 saturated carbocycles. The zero-order valence-electron chi connectivity index (χ0n) is 20.5. The van der Waals surface area contributed by atoms with Gasteiger partial charge in [-0.3, -0.25) is 9.59 Å². The number of amides is 2. The van der Waals surface area contributed by atoms with Crippen LogP contribution in [-0.2, 0) is 27.4 Å². The summed E-state index contributed by atoms with van der Waals surface area (Å²) in [5.41, 5.74) is 2.14. The van der Waals surface area contributed by atoms with Gasteiger partial charge in [-0.05, 0) is 36.6 Å². The Morgan fingerprint density at radius 2 is 1.92 bits per heavy atom. The molecule has 1 aliphatic rings. The van der Waals surface area contributed by atoms with Crippen LogP contribution in [0, 0.1) is 6.92 Å². The molecule has 3 aromatic rings. The second-order valence-electron chi connectivity index (χ2n) is 8.51. The smallest absolute Gasteiger partial charge is 0.242 e. The fourth-order valence-electron chi connectivity index (χ4n) is 3.93. The maximum atomic E-state index is 13.2. The van der Waals surface area contributed by atoms with E-state index >= 15 is 0 Å². The Bertz CT molecular complexity index is 1160. The lowest BCUT2D eigenvalue weighted by Crippen LogP contribution is -2.40. The first-order valence-corrected chi connectivity index (χ1v) is 13.6. The van der Waals surface area contributed by atoms with E-state index in [-0.39, 0.29) is 30.2 Å². The van der Waals surface area contributed by atoms with Crippen molar-refractivity contribution in [3.8, 4) is 5.75 Å². The van der Waals surface area contributed by atoms with Gasteiger partial charge in [-0.15, -0.1) is 10.2 Å². The molecule has 1 aliphatic heterocycles. The van der Waals surface area contributed by atoms with Crippen LogP contribution in [-0.4, -0.2) is 77.0 Å². The monoisotopic (exact) mass is 526 g/mol. The number of carbonyl (C=O) groups excluding carboxylic acids is 2. The SMILES string of the molecule is COc1cccc(CO[C@@H]2CN(CCc3ccccc3)C(=O)CN(C(=O)CSc3nnc(C)s3)C2)c1. The fraction of sp³-hybridized carbons (Fsp3) is 0.385. The van der Waals surface area contributed by atoms with Gasteiger partial charge in [0.2, 0.25) is 11.8 Å². The van der Waals surface area contributed by atoms with Gasteiger partial charge in [-0.25, -0.2) is 0 Å². The molecule has 36 heavy (non-hydrogen) atoms. The summed E-state index contributed by atoms with van der Waals surface area (Å²) in [7, 11) is 1.63. The van der Waals surface area contributed by atoms with E-state index in [9.17, 15) is 9.59 Å². The molecule has 0 radical (unpaired) electrons. The number of hydrogen-bond acceptors (Lipinski definition) is 8. The molecule has 4 rings (SSSR count). The van der Waals surface area contributed by atoms with Gasteiger partial charge in [-0.1, -0.05) is 65.6 Å². The highest BCUT2D eigenvalue weighted by Crippen LogP contribution is 2.23. The van der Waals surface area contributed by atoms with E-state index in [1.807, 2.05) is 54.3 Å². The third-order valence-electron chi connectivity index (χ3n) is 5.84. The minimum absolute atomic E-state index is 0.0440. The van der Waals surface area contributed by atoms with Crippen LogP contribution < -0.4 is 4.74 Å². The maximum Gasteiger partial charge on any atom is 0.242 e. The highest BCUT2D eigenvalue weighted by molar-refractivity contribution is 8.01. The number of aryl methyl sites for hydroxylation is 1. The van der Waals surface area contributed by atoms with Crippen molar-refractivity contribution in [1.29, 1.82) is 0 Å². The Morgan fingerprint density at radius 3 is 2.67 bits per heavy atom. The molecule has 0 aliphatic carbocycles. The molecule has 0 spiro atoms. The zero-order chi connectivity index (χ0) is 25.3. The average molecular weight is 527 g/mol. The van der Waals surface area contributed by atoms with Gasteiger partial charge in [0.05, 0.1) is 32.1 Å². The fourth-order valence-corrected chi connectivity index (χ4v) is 5.65. The number of rotatable bonds is 10. The lowest BCUT2D eigenvalue weighted by Gasteiger charge is -2.25. The number of ether oxygens (including phenoxy) is 2. The van der Waals surface area contributed by atoms with E-state index in [2.05, 4.69) is 22.3 Å². The van der Waals surface area contributed by atoms with Crippen molar-refractivity contribution < 1.29 is 19.1 Å². The standard InChI is InChI=1S/C26H30N4O4S2/c1-19-27-28-26(36-19)35-18-25(32)30-15-23(34-17-21-9-6-10-22(13-21)33-2)14-29(24(31)16-30)12-11-20-7-4-3-5-8-20/h3-10,13,23H,11-12,14-18H2,1-2H3/t23-/m1/s1. The zero-order valence-corrected chi connectivity index (χ0v) is 22.1. The van der Waals surface area contributed by atoms with E-state index in [1.54, 1.807) is 12.0 Å². The lowest BCUT2D eigenvalue weighted by atomic mass is 10.1. The average Bonchev–Trinajstić information content (AvgIpc) is 3.25. The largest absolute Gasteiger partial charge is 0.497 e. The lowest BCUT2D eigenvalue weighted by molar-refractivity contribution is -0.137. The Labute approximate surface area is 219 Å². The van der Waals surface area contributed by atoms with Crippen LogP contribution >= 0.6 is 23.1 Å². The van der Waals surface area contributed by atoms with E-state index in [0.29, 0.717) is 26.2 Å². The molecule has 1 fully saturated rings. The quantitative estimate of drug-likeness (QED) is 0.374. The minimum atomic E-state index is -0.309. The summed E-state index contributed by atoms with van der Waals surface area (Å²) in [5.74, 6) is 0.788. The van der Waals surface area contributed by atoms with Crippen molar-refractivity contribution in [2.45, 2.75) is 30.4 Å². The molecule has 8 nitrogen and oxygen atoms in total. The van der Waals surface area contributed by atoms with Crippen molar-refractivity contribution in [2.75, 3.05) is 39.0 Å². The normalized spacial score (nSPS) is 16.2. The predicted octanol–water partition coefficient (Wildman–Crippen LogP) is 3.45. The van der Waals surface area contributed by atoms with Crippen LogP contribution in [0.3, 0.4) is 0 Å². The highest BCUT2D eigenvalue weighted by atomic mass is 32.2. The van der Waals surface area contributed by atoms with Gasteiger partial charge in [0, 0.05) is 19.6 Å². The summed E-state index contributed by atoms with van der Waals surface area (Å²) in [6.45, 7) is 3.65. The summed E-state index contributed by atoms with van der Waals surface area (Å²) < 4.78 is 12.3. The first kappa shape index (κ1) is 26.1. The Hall–Kier alpha value is -2.95. The first-order chi connectivity index (χ1) is 17.5. The van der Waals surface area contributed by atoms with Crippen LogP contribution in [0.15, 0.2) is 58.9 Å². The molecule has 0 bridgehead atoms. The van der Waals surface area contributed by atoms with Crippen LogP contribution in [0.25, 0.3) is 0 Å². The van der Waals surface area contributed by atoms with Crippen molar-refractivity contribution in [3.63, 3.8) is 0 Å². The number of aromatic nitrogens is 2. The number of carbonyl (C=O) groups is 2. The number of nitrogens with zero attached hydrogens (tertiary/aromatic N) is 4. The van der Waals surface area contributed by atoms with Crippen LogP contribution in [0.5, 0.6) is 5.75 Å². The maximum absolute atomic E-state index is 13.2. The number of benzene rings is 2. The Morgan fingerprint density at radius 1 is 1.11 bits per heavy atom. The van der Waals surface area contributed by atoms with Crippen molar-refractivity contribution in [2.24, 2.45) is 0 Å². The third kappa shape index (κ3) is 7.52. The molecule has 0 N–H and O–H groups in total. The molecule has 0 unspecified atom stereocenters. The topological polar surface area (TPSA) is 84.9 Å². The van der Waals surface area contributed by atoms with Gasteiger partial charge in [0.15, 0.2) is 4.34 Å². The second kappa shape index (κ2) is 12.8. The van der Waals surface area contributed by atoms with Gasteiger partial charge in [-0.2, -0.15) is 0 Å². The molecule has 2 aromatic carbocycles. The van der Waals surface area contributed by atoms with Crippen LogP contribution in [0.4, 0.5) is 0 Å². The van der Waals surface area contributed by atoms with E-state index < -0.39 is 0 Å². The van der Waals surface area contributed by atoms with Crippen molar-refractivity contribution in [1.82, 2.24) is 20.0 Å². The first-order valence-electron chi connectivity index (χ1n) is 11.8. The Kier molecular flexibility index (Phi) is 9.32.